The van der Waals surface area contributed by atoms with E-state index in [0.717, 1.165) is 37.1 Å². The molecule has 0 saturated carbocycles. The maximum atomic E-state index is 12.9. The van der Waals surface area contributed by atoms with Crippen molar-refractivity contribution in [3.8, 4) is 5.75 Å². The van der Waals surface area contributed by atoms with Crippen molar-refractivity contribution in [2.24, 2.45) is 0 Å². The first-order valence-corrected chi connectivity index (χ1v) is 10.5. The Hall–Kier alpha value is -3.66. The lowest BCUT2D eigenvalue weighted by molar-refractivity contribution is -0.122. The lowest BCUT2D eigenvalue weighted by Crippen LogP contribution is -2.30. The fraction of sp³-hybridized carbons (Fsp3) is 0.364. The number of methoxy groups -OCH3 is 1. The van der Waals surface area contributed by atoms with Gasteiger partial charge in [0.05, 0.1) is 24.9 Å². The highest BCUT2D eigenvalue weighted by Crippen LogP contribution is 2.30. The molecule has 0 spiro atoms. The maximum absolute atomic E-state index is 12.9. The van der Waals surface area contributed by atoms with Crippen LogP contribution in [0.3, 0.4) is 0 Å². The van der Waals surface area contributed by atoms with Crippen LogP contribution in [0.5, 0.6) is 5.75 Å². The summed E-state index contributed by atoms with van der Waals surface area (Å²) in [6.07, 6.45) is 3.98. The molecule has 3 N–H and O–H groups in total. The molecule has 0 radical (unpaired) electrons. The fourth-order valence-electron chi connectivity index (χ4n) is 3.71. The monoisotopic (exact) mass is 438 g/mol. The fourth-order valence-corrected chi connectivity index (χ4v) is 3.71. The summed E-state index contributed by atoms with van der Waals surface area (Å²) in [6, 6.07) is 8.90. The second-order valence-electron chi connectivity index (χ2n) is 7.54. The van der Waals surface area contributed by atoms with Crippen LogP contribution in [0.1, 0.15) is 23.3 Å². The predicted octanol–water partition coefficient (Wildman–Crippen LogP) is 1.40. The van der Waals surface area contributed by atoms with Crippen LogP contribution in [0, 0.1) is 0 Å². The summed E-state index contributed by atoms with van der Waals surface area (Å²) in [6.45, 7) is 1.99. The summed E-state index contributed by atoms with van der Waals surface area (Å²) in [5.74, 6) is 0.672. The first-order valence-electron chi connectivity index (χ1n) is 10.5. The Morgan fingerprint density at radius 2 is 2.03 bits per heavy atom. The minimum Gasteiger partial charge on any atom is -0.494 e. The molecule has 4 rings (SSSR count). The van der Waals surface area contributed by atoms with Crippen molar-refractivity contribution in [3.63, 3.8) is 0 Å². The van der Waals surface area contributed by atoms with Crippen molar-refractivity contribution in [1.29, 1.82) is 0 Å². The van der Waals surface area contributed by atoms with Crippen molar-refractivity contribution in [1.82, 2.24) is 20.1 Å². The molecular weight excluding hydrogens is 412 g/mol. The molecule has 1 aromatic carbocycles. The number of benzene rings is 1. The Kier molecular flexibility index (Phi) is 6.50. The molecule has 168 valence electrons. The van der Waals surface area contributed by atoms with Gasteiger partial charge in [0.15, 0.2) is 0 Å². The minimum absolute atomic E-state index is 0.0197. The SMILES string of the molecule is COc1cc2nn(CC(=O)NCCO)cc2cc1NC(=O)c1cccc(N2CCCC2)n1. The molecule has 1 aliphatic heterocycles. The van der Waals surface area contributed by atoms with E-state index < -0.39 is 0 Å². The van der Waals surface area contributed by atoms with Crippen LogP contribution in [0.25, 0.3) is 10.9 Å². The van der Waals surface area contributed by atoms with E-state index in [2.05, 4.69) is 25.6 Å². The lowest BCUT2D eigenvalue weighted by Gasteiger charge is -2.17. The predicted molar refractivity (Wildman–Crippen MR) is 120 cm³/mol. The van der Waals surface area contributed by atoms with Gasteiger partial charge < -0.3 is 25.4 Å². The number of pyridine rings is 1. The highest BCUT2D eigenvalue weighted by molar-refractivity contribution is 6.05. The van der Waals surface area contributed by atoms with Crippen LogP contribution in [0.2, 0.25) is 0 Å². The number of aromatic nitrogens is 3. The van der Waals surface area contributed by atoms with Crippen molar-refractivity contribution in [3.05, 3.63) is 42.2 Å². The number of aliphatic hydroxyl groups excluding tert-OH is 1. The molecule has 3 heterocycles. The van der Waals surface area contributed by atoms with E-state index in [1.54, 1.807) is 24.4 Å². The van der Waals surface area contributed by atoms with Gasteiger partial charge in [0.1, 0.15) is 23.8 Å². The van der Waals surface area contributed by atoms with Gasteiger partial charge >= 0.3 is 0 Å². The molecule has 0 aliphatic carbocycles. The zero-order chi connectivity index (χ0) is 22.5. The number of carbonyl (C=O) groups is 2. The van der Waals surface area contributed by atoms with E-state index in [1.807, 2.05) is 12.1 Å². The quantitative estimate of drug-likeness (QED) is 0.486. The summed E-state index contributed by atoms with van der Waals surface area (Å²) in [5.41, 5.74) is 1.44. The number of amides is 2. The third kappa shape index (κ3) is 4.80. The highest BCUT2D eigenvalue weighted by Gasteiger charge is 2.17. The second-order valence-corrected chi connectivity index (χ2v) is 7.54. The molecule has 10 heteroatoms. The molecule has 3 aromatic rings. The average molecular weight is 438 g/mol. The van der Waals surface area contributed by atoms with Gasteiger partial charge in [-0.15, -0.1) is 0 Å². The van der Waals surface area contributed by atoms with Crippen molar-refractivity contribution < 1.29 is 19.4 Å². The molecule has 10 nitrogen and oxygen atoms in total. The number of hydrogen-bond acceptors (Lipinski definition) is 7. The van der Waals surface area contributed by atoms with Gasteiger partial charge in [0.2, 0.25) is 5.91 Å². The molecule has 0 bridgehead atoms. The number of rotatable bonds is 8. The molecule has 0 unspecified atom stereocenters. The van der Waals surface area contributed by atoms with Gasteiger partial charge in [-0.25, -0.2) is 4.98 Å². The number of carbonyl (C=O) groups excluding carboxylic acids is 2. The third-order valence-electron chi connectivity index (χ3n) is 5.26. The van der Waals surface area contributed by atoms with Gasteiger partial charge in [0, 0.05) is 37.3 Å². The zero-order valence-corrected chi connectivity index (χ0v) is 17.9. The van der Waals surface area contributed by atoms with Crippen LogP contribution in [0.15, 0.2) is 36.5 Å². The summed E-state index contributed by atoms with van der Waals surface area (Å²) >= 11 is 0. The molecule has 1 fully saturated rings. The third-order valence-corrected chi connectivity index (χ3v) is 5.26. The summed E-state index contributed by atoms with van der Waals surface area (Å²) in [4.78, 5) is 31.5. The smallest absolute Gasteiger partial charge is 0.274 e. The minimum atomic E-state index is -0.334. The number of hydrogen-bond donors (Lipinski definition) is 3. The largest absolute Gasteiger partial charge is 0.494 e. The Balaban J connectivity index is 1.53. The molecule has 1 aliphatic rings. The Labute approximate surface area is 185 Å². The number of anilines is 2. The first-order chi connectivity index (χ1) is 15.6. The van der Waals surface area contributed by atoms with E-state index in [9.17, 15) is 9.59 Å². The summed E-state index contributed by atoms with van der Waals surface area (Å²) in [7, 11) is 1.52. The van der Waals surface area contributed by atoms with E-state index >= 15 is 0 Å². The van der Waals surface area contributed by atoms with Crippen molar-refractivity contribution in [2.45, 2.75) is 19.4 Å². The van der Waals surface area contributed by atoms with Gasteiger partial charge in [-0.3, -0.25) is 14.3 Å². The van der Waals surface area contributed by atoms with E-state index in [4.69, 9.17) is 9.84 Å². The van der Waals surface area contributed by atoms with Crippen LogP contribution in [-0.4, -0.2) is 65.0 Å². The summed E-state index contributed by atoms with van der Waals surface area (Å²) in [5, 5.41) is 19.4. The summed E-state index contributed by atoms with van der Waals surface area (Å²) < 4.78 is 6.94. The van der Waals surface area contributed by atoms with E-state index in [1.165, 1.54) is 11.8 Å². The molecule has 1 saturated heterocycles. The number of nitrogens with zero attached hydrogens (tertiary/aromatic N) is 4. The van der Waals surface area contributed by atoms with Crippen LogP contribution in [0.4, 0.5) is 11.5 Å². The highest BCUT2D eigenvalue weighted by atomic mass is 16.5. The van der Waals surface area contributed by atoms with Crippen LogP contribution in [-0.2, 0) is 11.3 Å². The lowest BCUT2D eigenvalue weighted by atomic mass is 10.2. The first kappa shape index (κ1) is 21.6. The van der Waals surface area contributed by atoms with Crippen LogP contribution >= 0.6 is 0 Å². The van der Waals surface area contributed by atoms with E-state index in [0.29, 0.717) is 22.6 Å². The zero-order valence-electron chi connectivity index (χ0n) is 17.9. The maximum Gasteiger partial charge on any atom is 0.274 e. The average Bonchev–Trinajstić information content (AvgIpc) is 3.46. The number of ether oxygens (including phenoxy) is 1. The molecule has 2 aromatic heterocycles. The standard InChI is InChI=1S/C22H26N6O4/c1-32-19-12-17-15(13-28(26-17)14-21(30)23-7-10-29)11-18(19)25-22(31)16-5-4-6-20(24-16)27-8-2-3-9-27/h4-6,11-13,29H,2-3,7-10,14H2,1H3,(H,23,30)(H,25,31). The number of fused-ring (bicyclic) bond motifs is 1. The van der Waals surface area contributed by atoms with Crippen LogP contribution < -0.4 is 20.3 Å². The number of aliphatic hydroxyl groups is 1. The molecule has 2 amide bonds. The van der Waals surface area contributed by atoms with Gasteiger partial charge in [-0.05, 0) is 31.0 Å². The molecular formula is C22H26N6O4. The molecule has 0 atom stereocenters. The van der Waals surface area contributed by atoms with Gasteiger partial charge in [0.25, 0.3) is 5.91 Å². The van der Waals surface area contributed by atoms with Gasteiger partial charge in [-0.2, -0.15) is 5.10 Å². The van der Waals surface area contributed by atoms with Crippen molar-refractivity contribution >= 4 is 34.2 Å². The Bertz CT molecular complexity index is 1120. The second kappa shape index (κ2) is 9.65. The number of nitrogens with one attached hydrogen (secondary N) is 2. The normalized spacial score (nSPS) is 13.4. The van der Waals surface area contributed by atoms with Crippen molar-refractivity contribution in [2.75, 3.05) is 43.6 Å². The molecule has 32 heavy (non-hydrogen) atoms. The Morgan fingerprint density at radius 1 is 1.22 bits per heavy atom. The van der Waals surface area contributed by atoms with Gasteiger partial charge in [-0.1, -0.05) is 6.07 Å². The van der Waals surface area contributed by atoms with E-state index in [-0.39, 0.29) is 31.5 Å². The topological polar surface area (TPSA) is 122 Å². The Morgan fingerprint density at radius 3 is 2.78 bits per heavy atom.